The van der Waals surface area contributed by atoms with Gasteiger partial charge in [0.05, 0.1) is 0 Å². The molecule has 0 aliphatic rings. The summed E-state index contributed by atoms with van der Waals surface area (Å²) in [4.78, 5) is 10.5. The number of hydrogen-bond acceptors (Lipinski definition) is 4. The van der Waals surface area contributed by atoms with Gasteiger partial charge in [-0.05, 0) is 12.8 Å². The molecule has 7 heteroatoms. The van der Waals surface area contributed by atoms with Crippen LogP contribution >= 0.6 is 25.3 Å². The van der Waals surface area contributed by atoms with Crippen LogP contribution in [0.5, 0.6) is 0 Å². The largest absolute Gasteiger partial charge is 0.480 e. The highest BCUT2D eigenvalue weighted by atomic mass is 32.2. The van der Waals surface area contributed by atoms with Crippen molar-refractivity contribution >= 4 is 42.3 Å². The fraction of sp³-hybridized carbons (Fsp3) is 0.875. The van der Waals surface area contributed by atoms with Crippen LogP contribution in [0.4, 0.5) is 0 Å². The number of unbranched alkanes of at least 4 members (excludes halogenated alkanes) is 2. The van der Waals surface area contributed by atoms with Gasteiger partial charge in [0.15, 0.2) is 11.1 Å². The lowest BCUT2D eigenvalue weighted by atomic mass is 10.1. The maximum absolute atomic E-state index is 10.5. The van der Waals surface area contributed by atoms with Crippen LogP contribution in [-0.2, 0) is 15.9 Å². The number of carboxylic acid groups (broad SMARTS) is 1. The molecule has 0 saturated carbocycles. The van der Waals surface area contributed by atoms with Crippen molar-refractivity contribution in [3.05, 3.63) is 0 Å². The second kappa shape index (κ2) is 8.43. The van der Waals surface area contributed by atoms with E-state index in [1.54, 1.807) is 0 Å². The summed E-state index contributed by atoms with van der Waals surface area (Å²) in [7, 11) is 0. The smallest absolute Gasteiger partial charge is 0.317 e. The predicted molar refractivity (Wildman–Crippen MR) is 67.3 cm³/mol. The Morgan fingerprint density at radius 3 is 2.33 bits per heavy atom. The van der Waals surface area contributed by atoms with Crippen LogP contribution in [0, 0.1) is 0 Å². The quantitative estimate of drug-likeness (QED) is 0.306. The Balaban J connectivity index is 3.50. The molecule has 0 rings (SSSR count). The Kier molecular flexibility index (Phi) is 8.59. The maximum atomic E-state index is 10.5. The number of rotatable bonds is 8. The fourth-order valence-electron chi connectivity index (χ4n) is 1.08. The lowest BCUT2D eigenvalue weighted by Gasteiger charge is -2.13. The van der Waals surface area contributed by atoms with Crippen molar-refractivity contribution in [3.63, 3.8) is 0 Å². The molecular weight excluding hydrogens is 256 g/mol. The average Bonchev–Trinajstić information content (AvgIpc) is 2.15. The van der Waals surface area contributed by atoms with Crippen molar-refractivity contribution in [2.75, 3.05) is 5.75 Å². The van der Waals surface area contributed by atoms with Crippen molar-refractivity contribution in [1.29, 1.82) is 0 Å². The van der Waals surface area contributed by atoms with Crippen molar-refractivity contribution in [2.45, 2.75) is 36.2 Å². The van der Waals surface area contributed by atoms with Gasteiger partial charge in [-0.3, -0.25) is 4.79 Å². The summed E-state index contributed by atoms with van der Waals surface area (Å²) in [6.45, 7) is 0. The Labute approximate surface area is 103 Å². The molecule has 4 nitrogen and oxygen atoms in total. The first-order valence-electron chi connectivity index (χ1n) is 4.61. The summed E-state index contributed by atoms with van der Waals surface area (Å²) in [6.07, 6.45) is 2.94. The van der Waals surface area contributed by atoms with Gasteiger partial charge in [-0.25, -0.2) is 4.21 Å². The van der Waals surface area contributed by atoms with Crippen molar-refractivity contribution in [1.82, 2.24) is 0 Å². The van der Waals surface area contributed by atoms with Crippen LogP contribution in [0.2, 0.25) is 0 Å². The predicted octanol–water partition coefficient (Wildman–Crippen LogP) is 1.45. The summed E-state index contributed by atoms with van der Waals surface area (Å²) >= 11 is 6.33. The summed E-state index contributed by atoms with van der Waals surface area (Å²) in [5.41, 5.74) is 0. The highest BCUT2D eigenvalue weighted by Crippen LogP contribution is 2.16. The first-order valence-corrected chi connectivity index (χ1v) is 6.92. The Morgan fingerprint density at radius 1 is 1.27 bits per heavy atom. The van der Waals surface area contributed by atoms with E-state index in [1.165, 1.54) is 0 Å². The van der Waals surface area contributed by atoms with Gasteiger partial charge < -0.3 is 9.66 Å². The lowest BCUT2D eigenvalue weighted by molar-refractivity contribution is -0.136. The van der Waals surface area contributed by atoms with Gasteiger partial charge in [0.25, 0.3) is 0 Å². The molecule has 0 aromatic rings. The molecule has 2 N–H and O–H groups in total. The van der Waals surface area contributed by atoms with Crippen molar-refractivity contribution < 1.29 is 18.7 Å². The first-order chi connectivity index (χ1) is 6.95. The molecule has 0 aliphatic heterocycles. The molecule has 0 heterocycles. The van der Waals surface area contributed by atoms with E-state index < -0.39 is 22.3 Å². The topological polar surface area (TPSA) is 74.6 Å². The molecule has 0 aliphatic carbocycles. The van der Waals surface area contributed by atoms with Crippen LogP contribution < -0.4 is 0 Å². The summed E-state index contributed by atoms with van der Waals surface area (Å²) in [5.74, 6) is -0.685. The molecule has 0 spiro atoms. The second-order valence-electron chi connectivity index (χ2n) is 3.23. The third-order valence-corrected chi connectivity index (χ3v) is 3.95. The molecule has 0 saturated heterocycles. The van der Waals surface area contributed by atoms with Crippen LogP contribution in [-0.4, -0.2) is 36.1 Å². The number of thiol groups is 2. The molecular formula is C8H16O4S3. The van der Waals surface area contributed by atoms with E-state index in [0.717, 1.165) is 12.8 Å². The number of carbonyl (C=O) groups is 1. The third kappa shape index (κ3) is 8.12. The molecule has 0 aromatic heterocycles. The lowest BCUT2D eigenvalue weighted by Crippen LogP contribution is -2.24. The fourth-order valence-corrected chi connectivity index (χ4v) is 1.99. The normalized spacial score (nSPS) is 17.0. The van der Waals surface area contributed by atoms with Crippen LogP contribution in [0.15, 0.2) is 0 Å². The van der Waals surface area contributed by atoms with Gasteiger partial charge in [0.2, 0.25) is 0 Å². The molecule has 0 bridgehead atoms. The zero-order valence-electron chi connectivity index (χ0n) is 8.20. The molecule has 0 radical (unpaired) electrons. The van der Waals surface area contributed by atoms with E-state index in [4.69, 9.17) is 9.66 Å². The van der Waals surface area contributed by atoms with Gasteiger partial charge >= 0.3 is 5.97 Å². The second-order valence-corrected chi connectivity index (χ2v) is 5.50. The van der Waals surface area contributed by atoms with Gasteiger partial charge in [-0.1, -0.05) is 12.8 Å². The highest BCUT2D eigenvalue weighted by Gasteiger charge is 2.20. The SMILES string of the molecule is O=C(O)C(S)C(S)CCCCCS(=O)O. The maximum Gasteiger partial charge on any atom is 0.317 e. The van der Waals surface area contributed by atoms with Crippen LogP contribution in [0.3, 0.4) is 0 Å². The Morgan fingerprint density at radius 2 is 1.87 bits per heavy atom. The van der Waals surface area contributed by atoms with Gasteiger partial charge in [0, 0.05) is 11.0 Å². The monoisotopic (exact) mass is 272 g/mol. The standard InChI is InChI=1S/C8H16O4S3/c9-8(10)7(14)6(13)4-2-1-3-5-15(11)12/h6-7,13-14H,1-5H2,(H,9,10)(H,11,12). The van der Waals surface area contributed by atoms with E-state index >= 15 is 0 Å². The number of hydrogen-bond donors (Lipinski definition) is 4. The van der Waals surface area contributed by atoms with E-state index in [2.05, 4.69) is 25.3 Å². The van der Waals surface area contributed by atoms with Gasteiger partial charge in [-0.15, -0.1) is 0 Å². The van der Waals surface area contributed by atoms with Crippen LogP contribution in [0.1, 0.15) is 25.7 Å². The van der Waals surface area contributed by atoms with Crippen LogP contribution in [0.25, 0.3) is 0 Å². The summed E-state index contributed by atoms with van der Waals surface area (Å²) in [5, 5.41) is 7.61. The number of carboxylic acids is 1. The van der Waals surface area contributed by atoms with Gasteiger partial charge in [0.1, 0.15) is 5.25 Å². The molecule has 90 valence electrons. The van der Waals surface area contributed by atoms with Crippen molar-refractivity contribution in [3.8, 4) is 0 Å². The Hall–Kier alpha value is 0.280. The highest BCUT2D eigenvalue weighted by molar-refractivity contribution is 7.85. The summed E-state index contributed by atoms with van der Waals surface area (Å²) < 4.78 is 18.8. The molecule has 15 heavy (non-hydrogen) atoms. The molecule has 0 fully saturated rings. The molecule has 3 atom stereocenters. The minimum absolute atomic E-state index is 0.273. The zero-order chi connectivity index (χ0) is 11.8. The minimum atomic E-state index is -1.72. The average molecular weight is 272 g/mol. The van der Waals surface area contributed by atoms with E-state index in [1.807, 2.05) is 0 Å². The van der Waals surface area contributed by atoms with E-state index in [0.29, 0.717) is 12.8 Å². The Bertz CT molecular complexity index is 222. The van der Waals surface area contributed by atoms with E-state index in [9.17, 15) is 9.00 Å². The number of aliphatic carboxylic acids is 1. The first kappa shape index (κ1) is 15.3. The molecule has 3 unspecified atom stereocenters. The summed E-state index contributed by atoms with van der Waals surface area (Å²) in [6, 6.07) is 0. The zero-order valence-corrected chi connectivity index (χ0v) is 10.8. The van der Waals surface area contributed by atoms with Crippen molar-refractivity contribution in [2.24, 2.45) is 0 Å². The van der Waals surface area contributed by atoms with E-state index in [-0.39, 0.29) is 11.0 Å². The molecule has 0 aromatic carbocycles. The third-order valence-electron chi connectivity index (χ3n) is 1.94. The minimum Gasteiger partial charge on any atom is -0.480 e. The molecule has 0 amide bonds. The van der Waals surface area contributed by atoms with Gasteiger partial charge in [-0.2, -0.15) is 25.3 Å².